The van der Waals surface area contributed by atoms with Crippen LogP contribution in [0.3, 0.4) is 0 Å². The van der Waals surface area contributed by atoms with Gasteiger partial charge >= 0.3 is 6.36 Å². The molecule has 0 saturated heterocycles. The van der Waals surface area contributed by atoms with E-state index in [1.165, 1.54) is 24.3 Å². The molecule has 0 aliphatic heterocycles. The van der Waals surface area contributed by atoms with Gasteiger partial charge in [-0.3, -0.25) is 4.79 Å². The molecule has 0 unspecified atom stereocenters. The molecule has 1 aromatic carbocycles. The highest BCUT2D eigenvalue weighted by Crippen LogP contribution is 2.22. The first-order chi connectivity index (χ1) is 9.55. The molecule has 0 atom stereocenters. The maximum absolute atomic E-state index is 12.0. The summed E-state index contributed by atoms with van der Waals surface area (Å²) in [5, 5.41) is 2.70. The number of halogens is 4. The van der Waals surface area contributed by atoms with Crippen LogP contribution < -0.4 is 15.8 Å². The number of alkyl halides is 3. The fraction of sp³-hybridized carbons (Fsp3) is 0.500. The molecule has 0 fully saturated rings. The molecule has 8 heteroatoms. The van der Waals surface area contributed by atoms with Crippen LogP contribution in [0.5, 0.6) is 5.75 Å². The summed E-state index contributed by atoms with van der Waals surface area (Å²) in [5.74, 6) is -0.426. The Balaban J connectivity index is 0.00000441. The minimum absolute atomic E-state index is 0. The van der Waals surface area contributed by atoms with Gasteiger partial charge in [0.1, 0.15) is 5.75 Å². The van der Waals surface area contributed by atoms with E-state index in [0.29, 0.717) is 13.0 Å². The van der Waals surface area contributed by atoms with Crippen LogP contribution in [-0.4, -0.2) is 24.4 Å². The number of carbonyl (C=O) groups is 1. The van der Waals surface area contributed by atoms with E-state index in [4.69, 9.17) is 5.73 Å². The fourth-order valence-electron chi connectivity index (χ4n) is 1.53. The van der Waals surface area contributed by atoms with Crippen LogP contribution in [0.1, 0.15) is 25.8 Å². The van der Waals surface area contributed by atoms with Gasteiger partial charge in [0, 0.05) is 18.5 Å². The minimum Gasteiger partial charge on any atom is -0.406 e. The average molecular weight is 341 g/mol. The van der Waals surface area contributed by atoms with E-state index >= 15 is 0 Å². The molecule has 0 aromatic heterocycles. The van der Waals surface area contributed by atoms with Crippen molar-refractivity contribution in [3.63, 3.8) is 0 Å². The van der Waals surface area contributed by atoms with E-state index < -0.39 is 11.9 Å². The molecular weight excluding hydrogens is 321 g/mol. The number of amides is 1. The Morgan fingerprint density at radius 2 is 1.77 bits per heavy atom. The second-order valence-electron chi connectivity index (χ2n) is 5.46. The second-order valence-corrected chi connectivity index (χ2v) is 5.46. The number of carbonyl (C=O) groups excluding carboxylic acids is 1. The molecule has 0 spiro atoms. The zero-order valence-corrected chi connectivity index (χ0v) is 13.2. The first-order valence-electron chi connectivity index (χ1n) is 6.45. The highest BCUT2D eigenvalue weighted by molar-refractivity contribution is 5.85. The molecule has 0 heterocycles. The van der Waals surface area contributed by atoms with Gasteiger partial charge < -0.3 is 15.8 Å². The lowest BCUT2D eigenvalue weighted by molar-refractivity contribution is -0.274. The van der Waals surface area contributed by atoms with Crippen LogP contribution >= 0.6 is 12.4 Å². The third-order valence-corrected chi connectivity index (χ3v) is 2.54. The van der Waals surface area contributed by atoms with Crippen LogP contribution in [0.15, 0.2) is 24.3 Å². The summed E-state index contributed by atoms with van der Waals surface area (Å²) in [6.45, 7) is 3.96. The Bertz CT molecular complexity index is 470. The smallest absolute Gasteiger partial charge is 0.406 e. The number of ether oxygens (including phenoxy) is 1. The van der Waals surface area contributed by atoms with Crippen LogP contribution in [0.25, 0.3) is 0 Å². The van der Waals surface area contributed by atoms with Crippen molar-refractivity contribution in [3.8, 4) is 5.75 Å². The van der Waals surface area contributed by atoms with Gasteiger partial charge in [-0.2, -0.15) is 0 Å². The van der Waals surface area contributed by atoms with Gasteiger partial charge in [0.25, 0.3) is 0 Å². The SMILES string of the molecule is CC(C)(N)CNC(=O)CCc1ccc(OC(F)(F)F)cc1.Cl. The molecule has 3 N–H and O–H groups in total. The standard InChI is InChI=1S/C14H19F3N2O2.ClH/c1-13(2,18)9-19-12(20)8-5-10-3-6-11(7-4-10)21-14(15,16)17;/h3-4,6-7H,5,8-9,18H2,1-2H3,(H,19,20);1H. The molecule has 1 rings (SSSR count). The number of hydrogen-bond donors (Lipinski definition) is 2. The van der Waals surface area contributed by atoms with Gasteiger partial charge in [-0.15, -0.1) is 25.6 Å². The van der Waals surface area contributed by atoms with Crippen LogP contribution in [0.4, 0.5) is 13.2 Å². The van der Waals surface area contributed by atoms with Crippen molar-refractivity contribution in [1.82, 2.24) is 5.32 Å². The van der Waals surface area contributed by atoms with E-state index in [2.05, 4.69) is 10.1 Å². The van der Waals surface area contributed by atoms with Crippen LogP contribution in [0, 0.1) is 0 Å². The molecule has 0 aliphatic rings. The van der Waals surface area contributed by atoms with Crippen molar-refractivity contribution >= 4 is 18.3 Å². The monoisotopic (exact) mass is 340 g/mol. The molecule has 0 saturated carbocycles. The summed E-state index contributed by atoms with van der Waals surface area (Å²) in [4.78, 5) is 11.6. The maximum Gasteiger partial charge on any atom is 0.573 e. The zero-order chi connectivity index (χ0) is 16.1. The molecular formula is C14H20ClF3N2O2. The largest absolute Gasteiger partial charge is 0.573 e. The lowest BCUT2D eigenvalue weighted by Gasteiger charge is -2.18. The number of hydrogen-bond acceptors (Lipinski definition) is 3. The molecule has 0 radical (unpaired) electrons. The Kier molecular flexibility index (Phi) is 7.69. The summed E-state index contributed by atoms with van der Waals surface area (Å²) >= 11 is 0. The number of benzene rings is 1. The van der Waals surface area contributed by atoms with Crippen molar-refractivity contribution in [3.05, 3.63) is 29.8 Å². The minimum atomic E-state index is -4.70. The molecule has 126 valence electrons. The Morgan fingerprint density at radius 1 is 1.23 bits per heavy atom. The summed E-state index contributed by atoms with van der Waals surface area (Å²) in [6.07, 6.45) is -4.02. The number of nitrogens with two attached hydrogens (primary N) is 1. The Morgan fingerprint density at radius 3 is 2.23 bits per heavy atom. The number of rotatable bonds is 6. The third kappa shape index (κ3) is 9.46. The number of aryl methyl sites for hydroxylation is 1. The van der Waals surface area contributed by atoms with Gasteiger partial charge in [-0.25, -0.2) is 0 Å². The third-order valence-electron chi connectivity index (χ3n) is 2.54. The van der Waals surface area contributed by atoms with Crippen molar-refractivity contribution in [2.75, 3.05) is 6.54 Å². The van der Waals surface area contributed by atoms with E-state index in [9.17, 15) is 18.0 Å². The molecule has 1 amide bonds. The molecule has 4 nitrogen and oxygen atoms in total. The van der Waals surface area contributed by atoms with Crippen LogP contribution in [0.2, 0.25) is 0 Å². The molecule has 0 bridgehead atoms. The van der Waals surface area contributed by atoms with Gasteiger partial charge in [0.2, 0.25) is 5.91 Å². The predicted molar refractivity (Wildman–Crippen MR) is 80.0 cm³/mol. The summed E-state index contributed by atoms with van der Waals surface area (Å²) in [7, 11) is 0. The normalized spacial score (nSPS) is 11.5. The van der Waals surface area contributed by atoms with Gasteiger partial charge in [-0.1, -0.05) is 12.1 Å². The second kappa shape index (κ2) is 8.24. The fourth-order valence-corrected chi connectivity index (χ4v) is 1.53. The Labute approximate surface area is 133 Å². The van der Waals surface area contributed by atoms with E-state index in [1.54, 1.807) is 13.8 Å². The summed E-state index contributed by atoms with van der Waals surface area (Å²) in [6, 6.07) is 5.45. The van der Waals surface area contributed by atoms with Gasteiger partial charge in [-0.05, 0) is 38.0 Å². The van der Waals surface area contributed by atoms with Crippen LogP contribution in [-0.2, 0) is 11.2 Å². The lowest BCUT2D eigenvalue weighted by Crippen LogP contribution is -2.45. The van der Waals surface area contributed by atoms with E-state index in [0.717, 1.165) is 5.56 Å². The first-order valence-corrected chi connectivity index (χ1v) is 6.45. The quantitative estimate of drug-likeness (QED) is 0.837. The van der Waals surface area contributed by atoms with Crippen molar-refractivity contribution in [1.29, 1.82) is 0 Å². The van der Waals surface area contributed by atoms with Crippen molar-refractivity contribution in [2.24, 2.45) is 5.73 Å². The van der Waals surface area contributed by atoms with E-state index in [1.807, 2.05) is 0 Å². The lowest BCUT2D eigenvalue weighted by atomic mass is 10.1. The highest BCUT2D eigenvalue weighted by Gasteiger charge is 2.30. The maximum atomic E-state index is 12.0. The highest BCUT2D eigenvalue weighted by atomic mass is 35.5. The number of nitrogens with one attached hydrogen (secondary N) is 1. The summed E-state index contributed by atoms with van der Waals surface area (Å²) < 4.78 is 39.7. The molecule has 22 heavy (non-hydrogen) atoms. The first kappa shape index (κ1) is 20.5. The summed E-state index contributed by atoms with van der Waals surface area (Å²) in [5.41, 5.74) is 6.01. The topological polar surface area (TPSA) is 64.3 Å². The van der Waals surface area contributed by atoms with Crippen molar-refractivity contribution in [2.45, 2.75) is 38.6 Å². The van der Waals surface area contributed by atoms with Crippen molar-refractivity contribution < 1.29 is 22.7 Å². The predicted octanol–water partition coefficient (Wildman–Crippen LogP) is 2.79. The molecule has 0 aliphatic carbocycles. The van der Waals surface area contributed by atoms with Gasteiger partial charge in [0.15, 0.2) is 0 Å². The molecule has 1 aromatic rings. The van der Waals surface area contributed by atoms with Gasteiger partial charge in [0.05, 0.1) is 0 Å². The van der Waals surface area contributed by atoms with E-state index in [-0.39, 0.29) is 30.5 Å². The Hall–Kier alpha value is -1.47. The average Bonchev–Trinajstić information content (AvgIpc) is 2.33. The zero-order valence-electron chi connectivity index (χ0n) is 12.4.